The van der Waals surface area contributed by atoms with Crippen LogP contribution >= 0.6 is 15.6 Å². The highest BCUT2D eigenvalue weighted by molar-refractivity contribution is 7.47. The van der Waals surface area contributed by atoms with Gasteiger partial charge in [-0.05, 0) is 63.2 Å². The monoisotopic (exact) mass is 1450 g/mol. The van der Waals surface area contributed by atoms with Gasteiger partial charge in [-0.1, -0.05) is 342 Å². The number of hydrogen-bond acceptors (Lipinski definition) is 15. The van der Waals surface area contributed by atoms with Gasteiger partial charge < -0.3 is 33.8 Å². The van der Waals surface area contributed by atoms with E-state index in [1.54, 1.807) is 0 Å². The topological polar surface area (TPSA) is 237 Å². The molecule has 0 aromatic carbocycles. The second-order valence-electron chi connectivity index (χ2n) is 29.1. The predicted octanol–water partition coefficient (Wildman–Crippen LogP) is 23.4. The number of hydrogen-bond donors (Lipinski definition) is 3. The molecule has 0 aromatic heterocycles. The molecule has 584 valence electrons. The Hall–Kier alpha value is -2.46. The SMILES string of the molecule is CCCCCC/C=C\C=C/CCCCCCCC(=O)OC[C@H](COP(=O)(O)OC[C@@H](O)COP(=O)(O)OC[C@@H](COC(=O)CCCCCCCCCC(C)C)OC(=O)CCCCCCCCCCCCCCC(C)C)OC(=O)CCCCCCCCCCCCCCCCCCCCC. The lowest BCUT2D eigenvalue weighted by Crippen LogP contribution is -2.30. The molecule has 3 N–H and O–H groups in total. The largest absolute Gasteiger partial charge is 0.472 e. The quantitative estimate of drug-likeness (QED) is 0.0169. The second-order valence-corrected chi connectivity index (χ2v) is 32.0. The van der Waals surface area contributed by atoms with Crippen LogP contribution in [0.2, 0.25) is 0 Å². The Kier molecular flexibility index (Phi) is 69.4. The Balaban J connectivity index is 5.27. The molecule has 0 amide bonds. The number of esters is 4. The summed E-state index contributed by atoms with van der Waals surface area (Å²) in [4.78, 5) is 72.9. The lowest BCUT2D eigenvalue weighted by atomic mass is 10.0. The summed E-state index contributed by atoms with van der Waals surface area (Å²) >= 11 is 0. The lowest BCUT2D eigenvalue weighted by Gasteiger charge is -2.21. The summed E-state index contributed by atoms with van der Waals surface area (Å²) in [5.41, 5.74) is 0. The van der Waals surface area contributed by atoms with Gasteiger partial charge in [-0.3, -0.25) is 37.3 Å². The Morgan fingerprint density at radius 3 is 0.828 bits per heavy atom. The lowest BCUT2D eigenvalue weighted by molar-refractivity contribution is -0.161. The Bertz CT molecular complexity index is 2000. The first-order valence-corrected chi connectivity index (χ1v) is 43.8. The van der Waals surface area contributed by atoms with E-state index in [1.807, 2.05) is 0 Å². The molecule has 5 atom stereocenters. The molecule has 0 aliphatic rings. The molecule has 0 aromatic rings. The average Bonchev–Trinajstić information content (AvgIpc) is 0.970. The summed E-state index contributed by atoms with van der Waals surface area (Å²) in [6.45, 7) is 9.51. The number of aliphatic hydroxyl groups is 1. The summed E-state index contributed by atoms with van der Waals surface area (Å²) < 4.78 is 68.6. The molecule has 99 heavy (non-hydrogen) atoms. The molecule has 0 heterocycles. The van der Waals surface area contributed by atoms with Gasteiger partial charge in [0.15, 0.2) is 12.2 Å². The van der Waals surface area contributed by atoms with E-state index in [0.29, 0.717) is 31.6 Å². The van der Waals surface area contributed by atoms with E-state index in [1.165, 1.54) is 186 Å². The number of phosphoric ester groups is 2. The van der Waals surface area contributed by atoms with Crippen LogP contribution in [0, 0.1) is 11.8 Å². The van der Waals surface area contributed by atoms with E-state index in [9.17, 15) is 43.2 Å². The molecule has 0 saturated heterocycles. The van der Waals surface area contributed by atoms with E-state index in [0.717, 1.165) is 121 Å². The van der Waals surface area contributed by atoms with Crippen LogP contribution < -0.4 is 0 Å². The van der Waals surface area contributed by atoms with Crippen LogP contribution in [0.5, 0.6) is 0 Å². The zero-order valence-corrected chi connectivity index (χ0v) is 66.1. The van der Waals surface area contributed by atoms with Crippen molar-refractivity contribution in [1.82, 2.24) is 0 Å². The van der Waals surface area contributed by atoms with Crippen LogP contribution in [-0.4, -0.2) is 96.7 Å². The first kappa shape index (κ1) is 96.5. The minimum Gasteiger partial charge on any atom is -0.462 e. The molecule has 0 spiro atoms. The average molecular weight is 1450 g/mol. The van der Waals surface area contributed by atoms with E-state index in [2.05, 4.69) is 65.8 Å². The fourth-order valence-corrected chi connectivity index (χ4v) is 13.4. The maximum atomic E-state index is 13.1. The number of carbonyl (C=O) groups excluding carboxylic acids is 4. The Labute approximate surface area is 605 Å². The van der Waals surface area contributed by atoms with Crippen molar-refractivity contribution < 1.29 is 80.2 Å². The van der Waals surface area contributed by atoms with Crippen molar-refractivity contribution in [2.45, 2.75) is 413 Å². The number of carbonyl (C=O) groups is 4. The Morgan fingerprint density at radius 2 is 0.545 bits per heavy atom. The zero-order chi connectivity index (χ0) is 72.8. The summed E-state index contributed by atoms with van der Waals surface area (Å²) in [5.74, 6) is -0.663. The summed E-state index contributed by atoms with van der Waals surface area (Å²) in [7, 11) is -9.93. The van der Waals surface area contributed by atoms with Gasteiger partial charge in [0, 0.05) is 25.7 Å². The van der Waals surface area contributed by atoms with E-state index >= 15 is 0 Å². The zero-order valence-electron chi connectivity index (χ0n) is 64.3. The van der Waals surface area contributed by atoms with Gasteiger partial charge in [-0.15, -0.1) is 0 Å². The first-order chi connectivity index (χ1) is 47.9. The summed E-state index contributed by atoms with van der Waals surface area (Å²) in [6, 6.07) is 0. The molecule has 2 unspecified atom stereocenters. The molecular weight excluding hydrogens is 1290 g/mol. The third-order valence-corrected chi connectivity index (χ3v) is 20.0. The smallest absolute Gasteiger partial charge is 0.462 e. The van der Waals surface area contributed by atoms with Crippen LogP contribution in [0.3, 0.4) is 0 Å². The van der Waals surface area contributed by atoms with Crippen molar-refractivity contribution in [3.05, 3.63) is 24.3 Å². The summed E-state index contributed by atoms with van der Waals surface area (Å²) in [5, 5.41) is 10.6. The first-order valence-electron chi connectivity index (χ1n) is 40.8. The maximum Gasteiger partial charge on any atom is 0.472 e. The molecule has 0 saturated carbocycles. The van der Waals surface area contributed by atoms with Gasteiger partial charge in [-0.25, -0.2) is 9.13 Å². The number of ether oxygens (including phenoxy) is 4. The molecule has 19 heteroatoms. The third kappa shape index (κ3) is 73.6. The molecule has 17 nitrogen and oxygen atoms in total. The van der Waals surface area contributed by atoms with Crippen molar-refractivity contribution in [3.63, 3.8) is 0 Å². The van der Waals surface area contributed by atoms with Crippen molar-refractivity contribution in [2.24, 2.45) is 11.8 Å². The molecule has 0 aliphatic carbocycles. The van der Waals surface area contributed by atoms with Crippen molar-refractivity contribution in [1.29, 1.82) is 0 Å². The van der Waals surface area contributed by atoms with Gasteiger partial charge in [0.1, 0.15) is 19.3 Å². The van der Waals surface area contributed by atoms with Gasteiger partial charge in [-0.2, -0.15) is 0 Å². The maximum absolute atomic E-state index is 13.1. The number of allylic oxidation sites excluding steroid dienone is 4. The Morgan fingerprint density at radius 1 is 0.313 bits per heavy atom. The molecule has 0 aliphatic heterocycles. The molecule has 0 bridgehead atoms. The highest BCUT2D eigenvalue weighted by atomic mass is 31.2. The van der Waals surface area contributed by atoms with E-state index < -0.39 is 97.5 Å². The van der Waals surface area contributed by atoms with Crippen molar-refractivity contribution >= 4 is 39.5 Å². The third-order valence-electron chi connectivity index (χ3n) is 18.1. The normalized spacial score (nSPS) is 14.1. The van der Waals surface area contributed by atoms with Gasteiger partial charge in [0.05, 0.1) is 26.4 Å². The van der Waals surface area contributed by atoms with Crippen LogP contribution in [0.4, 0.5) is 0 Å². The number of phosphoric acid groups is 2. The van der Waals surface area contributed by atoms with Crippen LogP contribution in [0.25, 0.3) is 0 Å². The van der Waals surface area contributed by atoms with Crippen LogP contribution in [0.15, 0.2) is 24.3 Å². The molecule has 0 rings (SSSR count). The molecule has 0 fully saturated rings. The van der Waals surface area contributed by atoms with Crippen molar-refractivity contribution in [3.8, 4) is 0 Å². The predicted molar refractivity (Wildman–Crippen MR) is 404 cm³/mol. The van der Waals surface area contributed by atoms with Crippen LogP contribution in [-0.2, 0) is 65.4 Å². The second kappa shape index (κ2) is 71.2. The highest BCUT2D eigenvalue weighted by Gasteiger charge is 2.30. The number of unbranched alkanes of at least 4 members (excludes halogenated alkanes) is 44. The van der Waals surface area contributed by atoms with Gasteiger partial charge in [0.2, 0.25) is 0 Å². The van der Waals surface area contributed by atoms with E-state index in [-0.39, 0.29) is 25.7 Å². The minimum atomic E-state index is -4.97. The van der Waals surface area contributed by atoms with Gasteiger partial charge >= 0.3 is 39.5 Å². The van der Waals surface area contributed by atoms with Gasteiger partial charge in [0.25, 0.3) is 0 Å². The van der Waals surface area contributed by atoms with Crippen LogP contribution in [0.1, 0.15) is 395 Å². The molecule has 0 radical (unpaired) electrons. The number of rotatable bonds is 77. The fraction of sp³-hybridized carbons (Fsp3) is 0.900. The molecular formula is C80H152O17P2. The van der Waals surface area contributed by atoms with E-state index in [4.69, 9.17) is 37.0 Å². The standard InChI is InChI=1S/C80H152O17P2/c1-7-9-11-13-15-17-19-21-23-24-25-26-28-30-35-39-45-52-58-64-79(84)96-75(68-90-77(82)62-56-50-44-38-34-29-27-22-20-18-16-14-12-10-8-2)70-94-98(86,87)92-66-74(81)67-93-99(88,89)95-71-76(69-91-78(83)63-57-51-47-41-43-49-55-61-73(5)6)97-80(85)65-59-53-46-40-36-32-31-33-37-42-48-54-60-72(3)4/h18,20,22,27,72-76,81H,7-17,19,21,23-26,28-71H2,1-6H3,(H,86,87)(H,88,89)/b20-18-,27-22-/t74-,75-,76-/m1/s1. The fourth-order valence-electron chi connectivity index (χ4n) is 11.8. The minimum absolute atomic E-state index is 0.102. The van der Waals surface area contributed by atoms with Crippen molar-refractivity contribution in [2.75, 3.05) is 39.6 Å². The number of aliphatic hydroxyl groups excluding tert-OH is 1. The highest BCUT2D eigenvalue weighted by Crippen LogP contribution is 2.45. The summed E-state index contributed by atoms with van der Waals surface area (Å²) in [6.07, 6.45) is 63.3.